The van der Waals surface area contributed by atoms with E-state index in [4.69, 9.17) is 11.6 Å². The Morgan fingerprint density at radius 2 is 2.12 bits per heavy atom. The lowest BCUT2D eigenvalue weighted by atomic mass is 10.1. The second kappa shape index (κ2) is 5.25. The highest BCUT2D eigenvalue weighted by Crippen LogP contribution is 2.22. The van der Waals surface area contributed by atoms with Crippen LogP contribution in [0.4, 0.5) is 4.39 Å². The molecule has 0 radical (unpaired) electrons. The van der Waals surface area contributed by atoms with Crippen molar-refractivity contribution in [3.05, 3.63) is 63.1 Å². The van der Waals surface area contributed by atoms with E-state index in [2.05, 4.69) is 0 Å². The zero-order chi connectivity index (χ0) is 12.3. The number of halogens is 2. The molecule has 2 rings (SSSR count). The minimum Gasteiger partial charge on any atom is -0.289 e. The third kappa shape index (κ3) is 3.25. The first kappa shape index (κ1) is 12.0. The first-order valence-electron chi connectivity index (χ1n) is 4.88. The molecule has 0 saturated heterocycles. The Balaban J connectivity index is 2.14. The maximum atomic E-state index is 12.9. The van der Waals surface area contributed by atoms with Gasteiger partial charge in [0.2, 0.25) is 0 Å². The second-order valence-electron chi connectivity index (χ2n) is 3.35. The minimum atomic E-state index is -0.414. The van der Waals surface area contributed by atoms with Gasteiger partial charge in [-0.2, -0.15) is 0 Å². The molecular formula is C13H8ClFOS. The maximum Gasteiger partial charge on any atom is 0.185 e. The molecule has 0 atom stereocenters. The highest BCUT2D eigenvalue weighted by Gasteiger charge is 2.02. The van der Waals surface area contributed by atoms with Crippen LogP contribution in [0.15, 0.2) is 42.5 Å². The van der Waals surface area contributed by atoms with Gasteiger partial charge >= 0.3 is 0 Å². The lowest BCUT2D eigenvalue weighted by Gasteiger charge is -1.94. The molecule has 1 nitrogen and oxygen atoms in total. The van der Waals surface area contributed by atoms with E-state index in [1.54, 1.807) is 18.2 Å². The zero-order valence-corrected chi connectivity index (χ0v) is 10.3. The number of benzene rings is 1. The van der Waals surface area contributed by atoms with Crippen molar-refractivity contribution < 1.29 is 9.18 Å². The van der Waals surface area contributed by atoms with Crippen LogP contribution in [0.2, 0.25) is 4.34 Å². The van der Waals surface area contributed by atoms with Gasteiger partial charge in [0.25, 0.3) is 0 Å². The average molecular weight is 267 g/mol. The predicted octanol–water partition coefficient (Wildman–Crippen LogP) is 4.44. The van der Waals surface area contributed by atoms with Crippen molar-refractivity contribution in [2.24, 2.45) is 0 Å². The van der Waals surface area contributed by atoms with Gasteiger partial charge in [-0.15, -0.1) is 11.3 Å². The molecule has 0 fully saturated rings. The lowest BCUT2D eigenvalue weighted by molar-refractivity contribution is 0.104. The monoisotopic (exact) mass is 266 g/mol. The summed E-state index contributed by atoms with van der Waals surface area (Å²) in [5.41, 5.74) is 0.337. The molecule has 17 heavy (non-hydrogen) atoms. The van der Waals surface area contributed by atoms with Crippen molar-refractivity contribution in [3.63, 3.8) is 0 Å². The molecule has 86 valence electrons. The van der Waals surface area contributed by atoms with Crippen molar-refractivity contribution in [2.45, 2.75) is 0 Å². The minimum absolute atomic E-state index is 0.228. The molecule has 1 aromatic carbocycles. The van der Waals surface area contributed by atoms with Gasteiger partial charge < -0.3 is 0 Å². The van der Waals surface area contributed by atoms with Crippen molar-refractivity contribution in [1.29, 1.82) is 0 Å². The topological polar surface area (TPSA) is 17.1 Å². The molecule has 1 aromatic heterocycles. The molecule has 0 aliphatic carbocycles. The molecule has 0 aliphatic rings. The average Bonchev–Trinajstić information content (AvgIpc) is 2.72. The van der Waals surface area contributed by atoms with Gasteiger partial charge in [0.05, 0.1) is 4.34 Å². The van der Waals surface area contributed by atoms with Crippen LogP contribution in [0.3, 0.4) is 0 Å². The Morgan fingerprint density at radius 1 is 1.29 bits per heavy atom. The van der Waals surface area contributed by atoms with Crippen LogP contribution >= 0.6 is 22.9 Å². The lowest BCUT2D eigenvalue weighted by Crippen LogP contribution is -1.94. The van der Waals surface area contributed by atoms with Gasteiger partial charge in [0.15, 0.2) is 5.78 Å². The number of ketones is 1. The molecule has 0 bridgehead atoms. The maximum absolute atomic E-state index is 12.9. The molecule has 0 amide bonds. The summed E-state index contributed by atoms with van der Waals surface area (Å²) < 4.78 is 13.6. The molecule has 0 spiro atoms. The summed E-state index contributed by atoms with van der Waals surface area (Å²) in [7, 11) is 0. The van der Waals surface area contributed by atoms with Crippen LogP contribution in [0.1, 0.15) is 15.2 Å². The van der Waals surface area contributed by atoms with Crippen molar-refractivity contribution in [2.75, 3.05) is 0 Å². The summed E-state index contributed by atoms with van der Waals surface area (Å²) in [6.07, 6.45) is 3.08. The molecule has 1 heterocycles. The van der Waals surface area contributed by atoms with Crippen LogP contribution in [0.5, 0.6) is 0 Å². The van der Waals surface area contributed by atoms with Crippen LogP contribution in [0.25, 0.3) is 6.08 Å². The van der Waals surface area contributed by atoms with Crippen LogP contribution in [-0.4, -0.2) is 5.78 Å². The van der Waals surface area contributed by atoms with E-state index in [-0.39, 0.29) is 5.78 Å². The molecular weight excluding hydrogens is 259 g/mol. The van der Waals surface area contributed by atoms with Crippen molar-refractivity contribution in [1.82, 2.24) is 0 Å². The van der Waals surface area contributed by atoms with E-state index in [0.717, 1.165) is 4.88 Å². The number of rotatable bonds is 3. The molecule has 0 unspecified atom stereocenters. The summed E-state index contributed by atoms with van der Waals surface area (Å²) in [4.78, 5) is 12.6. The standard InChI is InChI=1S/C13H8ClFOS/c14-13-7-5-11(17-13)4-6-12(16)9-2-1-3-10(15)8-9/h1-8H/b6-4-. The Bertz CT molecular complexity index is 574. The van der Waals surface area contributed by atoms with E-state index in [1.165, 1.54) is 35.6 Å². The van der Waals surface area contributed by atoms with Gasteiger partial charge in [-0.1, -0.05) is 23.7 Å². The van der Waals surface area contributed by atoms with E-state index >= 15 is 0 Å². The summed E-state index contributed by atoms with van der Waals surface area (Å²) in [6.45, 7) is 0. The van der Waals surface area contributed by atoms with Gasteiger partial charge in [0, 0.05) is 10.4 Å². The predicted molar refractivity (Wildman–Crippen MR) is 69.1 cm³/mol. The van der Waals surface area contributed by atoms with E-state index in [0.29, 0.717) is 9.90 Å². The quantitative estimate of drug-likeness (QED) is 0.593. The van der Waals surface area contributed by atoms with E-state index < -0.39 is 5.82 Å². The van der Waals surface area contributed by atoms with E-state index in [9.17, 15) is 9.18 Å². The number of thiophene rings is 1. The number of hydrogen-bond acceptors (Lipinski definition) is 2. The largest absolute Gasteiger partial charge is 0.289 e. The van der Waals surface area contributed by atoms with Gasteiger partial charge in [-0.25, -0.2) is 4.39 Å². The Kier molecular flexibility index (Phi) is 3.71. The third-order valence-electron chi connectivity index (χ3n) is 2.10. The highest BCUT2D eigenvalue weighted by atomic mass is 35.5. The fourth-order valence-electron chi connectivity index (χ4n) is 1.31. The van der Waals surface area contributed by atoms with Gasteiger partial charge in [0.1, 0.15) is 5.82 Å². The molecule has 0 N–H and O–H groups in total. The normalized spacial score (nSPS) is 10.9. The summed E-state index contributed by atoms with van der Waals surface area (Å²) in [6, 6.07) is 9.20. The Hall–Kier alpha value is -1.45. The summed E-state index contributed by atoms with van der Waals surface area (Å²) >= 11 is 7.14. The number of allylic oxidation sites excluding steroid dienone is 1. The van der Waals surface area contributed by atoms with Crippen molar-refractivity contribution in [3.8, 4) is 0 Å². The number of hydrogen-bond donors (Lipinski definition) is 0. The first-order valence-corrected chi connectivity index (χ1v) is 6.08. The SMILES string of the molecule is O=C(/C=C\c1ccc(Cl)s1)c1cccc(F)c1. The summed E-state index contributed by atoms with van der Waals surface area (Å²) in [5.74, 6) is -0.641. The van der Waals surface area contributed by atoms with Gasteiger partial charge in [-0.05, 0) is 36.4 Å². The molecule has 4 heteroatoms. The molecule has 0 saturated carbocycles. The number of carbonyl (C=O) groups excluding carboxylic acids is 1. The highest BCUT2D eigenvalue weighted by molar-refractivity contribution is 7.17. The van der Waals surface area contributed by atoms with Gasteiger partial charge in [-0.3, -0.25) is 4.79 Å². The first-order chi connectivity index (χ1) is 8.15. The molecule has 0 aliphatic heterocycles. The van der Waals surface area contributed by atoms with Crippen LogP contribution < -0.4 is 0 Å². The smallest absolute Gasteiger partial charge is 0.185 e. The third-order valence-corrected chi connectivity index (χ3v) is 3.30. The molecule has 2 aromatic rings. The fourth-order valence-corrected chi connectivity index (χ4v) is 2.28. The zero-order valence-electron chi connectivity index (χ0n) is 8.69. The second-order valence-corrected chi connectivity index (χ2v) is 5.10. The Labute approximate surface area is 107 Å². The van der Waals surface area contributed by atoms with Crippen molar-refractivity contribution >= 4 is 34.8 Å². The summed E-state index contributed by atoms with van der Waals surface area (Å²) in [5, 5.41) is 0. The fraction of sp³-hybridized carbons (Fsp3) is 0. The number of carbonyl (C=O) groups is 1. The van der Waals surface area contributed by atoms with Crippen LogP contribution in [-0.2, 0) is 0 Å². The van der Waals surface area contributed by atoms with E-state index in [1.807, 2.05) is 6.07 Å². The van der Waals surface area contributed by atoms with Crippen LogP contribution in [0, 0.1) is 5.82 Å². The Morgan fingerprint density at radius 3 is 2.76 bits per heavy atom.